The molecular formula is C23H19F2N3O2. The monoisotopic (exact) mass is 407 g/mol. The number of hydrogen-bond acceptors (Lipinski definition) is 3. The highest BCUT2D eigenvalue weighted by Crippen LogP contribution is 2.13. The molecule has 3 aromatic carbocycles. The van der Waals surface area contributed by atoms with E-state index in [1.54, 1.807) is 54.6 Å². The third-order valence-electron chi connectivity index (χ3n) is 4.28. The zero-order valence-electron chi connectivity index (χ0n) is 15.9. The van der Waals surface area contributed by atoms with Crippen LogP contribution in [0.5, 0.6) is 0 Å². The van der Waals surface area contributed by atoms with Crippen molar-refractivity contribution < 1.29 is 18.4 Å². The second-order valence-corrected chi connectivity index (χ2v) is 6.43. The van der Waals surface area contributed by atoms with Crippen molar-refractivity contribution >= 4 is 23.6 Å². The third kappa shape index (κ3) is 5.29. The van der Waals surface area contributed by atoms with Gasteiger partial charge in [-0.05, 0) is 47.5 Å². The van der Waals surface area contributed by atoms with Crippen molar-refractivity contribution in [3.05, 3.63) is 107 Å². The zero-order valence-corrected chi connectivity index (χ0v) is 15.9. The molecule has 4 N–H and O–H groups in total. The van der Waals surface area contributed by atoms with E-state index in [9.17, 15) is 18.4 Å². The molecule has 0 bridgehead atoms. The van der Waals surface area contributed by atoms with Crippen LogP contribution >= 0.6 is 0 Å². The molecule has 7 heteroatoms. The molecule has 0 atom stereocenters. The number of anilines is 1. The van der Waals surface area contributed by atoms with E-state index in [2.05, 4.69) is 10.6 Å². The van der Waals surface area contributed by atoms with E-state index in [0.29, 0.717) is 16.8 Å². The number of hydrogen-bond donors (Lipinski definition) is 3. The van der Waals surface area contributed by atoms with Crippen LogP contribution in [0.1, 0.15) is 21.5 Å². The van der Waals surface area contributed by atoms with E-state index in [0.717, 1.165) is 12.1 Å². The number of rotatable bonds is 6. The number of benzene rings is 3. The predicted octanol–water partition coefficient (Wildman–Crippen LogP) is 3.63. The van der Waals surface area contributed by atoms with Gasteiger partial charge in [0.1, 0.15) is 5.70 Å². The molecule has 0 radical (unpaired) electrons. The molecular weight excluding hydrogens is 388 g/mol. The summed E-state index contributed by atoms with van der Waals surface area (Å²) in [5.41, 5.74) is 7.53. The van der Waals surface area contributed by atoms with E-state index in [1.807, 2.05) is 0 Å². The molecule has 5 nitrogen and oxygen atoms in total. The van der Waals surface area contributed by atoms with Crippen LogP contribution in [0.3, 0.4) is 0 Å². The summed E-state index contributed by atoms with van der Waals surface area (Å²) in [5, 5.41) is 5.20. The van der Waals surface area contributed by atoms with Gasteiger partial charge in [0.15, 0.2) is 11.6 Å². The molecule has 0 fully saturated rings. The van der Waals surface area contributed by atoms with Gasteiger partial charge in [-0.2, -0.15) is 0 Å². The summed E-state index contributed by atoms with van der Waals surface area (Å²) in [6, 6.07) is 18.5. The molecule has 0 aliphatic carbocycles. The van der Waals surface area contributed by atoms with Crippen molar-refractivity contribution in [2.75, 3.05) is 5.73 Å². The SMILES string of the molecule is Nc1ccccc1CNC(=O)C(=Cc1ccc(F)c(F)c1)NC(=O)c1ccccc1. The molecule has 2 amide bonds. The Morgan fingerprint density at radius 3 is 2.30 bits per heavy atom. The van der Waals surface area contributed by atoms with E-state index < -0.39 is 23.4 Å². The maximum Gasteiger partial charge on any atom is 0.268 e. The van der Waals surface area contributed by atoms with Crippen molar-refractivity contribution in [3.63, 3.8) is 0 Å². The summed E-state index contributed by atoms with van der Waals surface area (Å²) in [5.74, 6) is -3.19. The number of nitrogen functional groups attached to an aromatic ring is 1. The Bertz CT molecular complexity index is 1100. The van der Waals surface area contributed by atoms with Crippen molar-refractivity contribution in [2.24, 2.45) is 0 Å². The van der Waals surface area contributed by atoms with Gasteiger partial charge in [-0.1, -0.05) is 42.5 Å². The van der Waals surface area contributed by atoms with Crippen LogP contribution in [-0.4, -0.2) is 11.8 Å². The molecule has 152 valence electrons. The summed E-state index contributed by atoms with van der Waals surface area (Å²) >= 11 is 0. The van der Waals surface area contributed by atoms with Gasteiger partial charge in [0.05, 0.1) is 0 Å². The molecule has 0 aliphatic heterocycles. The van der Waals surface area contributed by atoms with E-state index in [4.69, 9.17) is 5.73 Å². The molecule has 0 unspecified atom stereocenters. The second-order valence-electron chi connectivity index (χ2n) is 6.43. The zero-order chi connectivity index (χ0) is 21.5. The van der Waals surface area contributed by atoms with Crippen LogP contribution in [0, 0.1) is 11.6 Å². The van der Waals surface area contributed by atoms with Crippen LogP contribution in [0.2, 0.25) is 0 Å². The smallest absolute Gasteiger partial charge is 0.268 e. The topological polar surface area (TPSA) is 84.2 Å². The summed E-state index contributed by atoms with van der Waals surface area (Å²) in [7, 11) is 0. The first kappa shape index (κ1) is 20.7. The fourth-order valence-corrected chi connectivity index (χ4v) is 2.68. The van der Waals surface area contributed by atoms with Crippen LogP contribution < -0.4 is 16.4 Å². The number of carbonyl (C=O) groups is 2. The normalized spacial score (nSPS) is 11.1. The van der Waals surface area contributed by atoms with Crippen LogP contribution in [-0.2, 0) is 11.3 Å². The van der Waals surface area contributed by atoms with E-state index >= 15 is 0 Å². The molecule has 0 saturated carbocycles. The minimum Gasteiger partial charge on any atom is -0.398 e. The summed E-state index contributed by atoms with van der Waals surface area (Å²) in [6.45, 7) is 0.127. The summed E-state index contributed by atoms with van der Waals surface area (Å²) in [6.07, 6.45) is 1.27. The first-order chi connectivity index (χ1) is 14.4. The van der Waals surface area contributed by atoms with Gasteiger partial charge >= 0.3 is 0 Å². The molecule has 0 saturated heterocycles. The standard InChI is InChI=1S/C23H19F2N3O2/c24-18-11-10-15(12-19(18)25)13-21(28-22(29)16-6-2-1-3-7-16)23(30)27-14-17-8-4-5-9-20(17)26/h1-13H,14,26H2,(H,27,30)(H,28,29). The number of nitrogens with one attached hydrogen (secondary N) is 2. The Morgan fingerprint density at radius 2 is 1.60 bits per heavy atom. The Hall–Kier alpha value is -4.00. The lowest BCUT2D eigenvalue weighted by atomic mass is 10.1. The summed E-state index contributed by atoms with van der Waals surface area (Å²) in [4.78, 5) is 25.3. The third-order valence-corrected chi connectivity index (χ3v) is 4.28. The quantitative estimate of drug-likeness (QED) is 0.431. The average Bonchev–Trinajstić information content (AvgIpc) is 2.75. The summed E-state index contributed by atoms with van der Waals surface area (Å²) < 4.78 is 26.8. The Kier molecular flexibility index (Phi) is 6.54. The van der Waals surface area contributed by atoms with Crippen molar-refractivity contribution in [2.45, 2.75) is 6.54 Å². The number of carbonyl (C=O) groups excluding carboxylic acids is 2. The van der Waals surface area contributed by atoms with Crippen LogP contribution in [0.25, 0.3) is 6.08 Å². The number of nitrogens with two attached hydrogens (primary N) is 1. The molecule has 0 spiro atoms. The highest BCUT2D eigenvalue weighted by atomic mass is 19.2. The molecule has 30 heavy (non-hydrogen) atoms. The lowest BCUT2D eigenvalue weighted by Crippen LogP contribution is -2.34. The first-order valence-electron chi connectivity index (χ1n) is 9.09. The maximum atomic E-state index is 13.6. The van der Waals surface area contributed by atoms with Gasteiger partial charge in [-0.15, -0.1) is 0 Å². The van der Waals surface area contributed by atoms with Crippen LogP contribution in [0.15, 0.2) is 78.5 Å². The van der Waals surface area contributed by atoms with Gasteiger partial charge in [-0.3, -0.25) is 9.59 Å². The highest BCUT2D eigenvalue weighted by molar-refractivity contribution is 6.05. The Labute approximate surface area is 172 Å². The second kappa shape index (κ2) is 9.47. The van der Waals surface area contributed by atoms with Gasteiger partial charge in [-0.25, -0.2) is 8.78 Å². The Balaban J connectivity index is 1.85. The minimum absolute atomic E-state index is 0.121. The number of halogens is 2. The first-order valence-corrected chi connectivity index (χ1v) is 9.09. The number of amides is 2. The van der Waals surface area contributed by atoms with Gasteiger partial charge in [0.2, 0.25) is 0 Å². The minimum atomic E-state index is -1.06. The van der Waals surface area contributed by atoms with Crippen molar-refractivity contribution in [3.8, 4) is 0 Å². The molecule has 0 heterocycles. The van der Waals surface area contributed by atoms with Gasteiger partial charge in [0.25, 0.3) is 11.8 Å². The average molecular weight is 407 g/mol. The van der Waals surface area contributed by atoms with Crippen molar-refractivity contribution in [1.82, 2.24) is 10.6 Å². The fourth-order valence-electron chi connectivity index (χ4n) is 2.68. The number of para-hydroxylation sites is 1. The fraction of sp³-hybridized carbons (Fsp3) is 0.0435. The maximum absolute atomic E-state index is 13.6. The van der Waals surface area contributed by atoms with Gasteiger partial charge in [0, 0.05) is 17.8 Å². The van der Waals surface area contributed by atoms with Gasteiger partial charge < -0.3 is 16.4 Å². The van der Waals surface area contributed by atoms with E-state index in [1.165, 1.54) is 12.1 Å². The molecule has 0 aliphatic rings. The molecule has 3 rings (SSSR count). The van der Waals surface area contributed by atoms with Crippen molar-refractivity contribution in [1.29, 1.82) is 0 Å². The predicted molar refractivity (Wildman–Crippen MR) is 111 cm³/mol. The van der Waals surface area contributed by atoms with E-state index in [-0.39, 0.29) is 17.8 Å². The molecule has 3 aromatic rings. The lowest BCUT2D eigenvalue weighted by Gasteiger charge is -2.12. The lowest BCUT2D eigenvalue weighted by molar-refractivity contribution is -0.117. The highest BCUT2D eigenvalue weighted by Gasteiger charge is 2.15. The largest absolute Gasteiger partial charge is 0.398 e. The van der Waals surface area contributed by atoms with Crippen LogP contribution in [0.4, 0.5) is 14.5 Å². The molecule has 0 aromatic heterocycles. The Morgan fingerprint density at radius 1 is 0.900 bits per heavy atom.